The van der Waals surface area contributed by atoms with E-state index >= 15 is 0 Å². The van der Waals surface area contributed by atoms with Crippen LogP contribution in [0.5, 0.6) is 0 Å². The Morgan fingerprint density at radius 3 is 1.82 bits per heavy atom. The van der Waals surface area contributed by atoms with Gasteiger partial charge in [-0.2, -0.15) is 10.5 Å². The predicted octanol–water partition coefficient (Wildman–Crippen LogP) is 11.2. The highest BCUT2D eigenvalue weighted by atomic mass is 16.3. The van der Waals surface area contributed by atoms with Crippen molar-refractivity contribution in [1.29, 1.82) is 10.5 Å². The van der Waals surface area contributed by atoms with Crippen molar-refractivity contribution in [2.24, 2.45) is 0 Å². The first kappa shape index (κ1) is 27.1. The summed E-state index contributed by atoms with van der Waals surface area (Å²) >= 11 is 0. The molecular weight excluding hydrogens is 601 g/mol. The van der Waals surface area contributed by atoms with E-state index in [1.807, 2.05) is 66.7 Å². The molecule has 0 unspecified atom stereocenters. The smallest absolute Gasteiger partial charge is 0.136 e. The molecule has 0 bridgehead atoms. The molecule has 49 heavy (non-hydrogen) atoms. The van der Waals surface area contributed by atoms with Gasteiger partial charge in [0.1, 0.15) is 17.2 Å². The van der Waals surface area contributed by atoms with Crippen LogP contribution in [-0.4, -0.2) is 9.13 Å². The fourth-order valence-corrected chi connectivity index (χ4v) is 7.70. The van der Waals surface area contributed by atoms with Gasteiger partial charge in [0.25, 0.3) is 0 Å². The Hall–Kier alpha value is -7.08. The Kier molecular flexibility index (Phi) is 5.64. The molecule has 0 amide bonds. The van der Waals surface area contributed by atoms with Crippen molar-refractivity contribution in [2.75, 3.05) is 0 Å². The third kappa shape index (κ3) is 3.85. The second kappa shape index (κ2) is 10.2. The maximum absolute atomic E-state index is 10.4. The van der Waals surface area contributed by atoms with Crippen molar-refractivity contribution in [1.82, 2.24) is 9.13 Å². The summed E-state index contributed by atoms with van der Waals surface area (Å²) in [7, 11) is 0. The first-order valence-corrected chi connectivity index (χ1v) is 16.1. The van der Waals surface area contributed by atoms with Crippen LogP contribution < -0.4 is 0 Å². The van der Waals surface area contributed by atoms with Crippen LogP contribution in [-0.2, 0) is 0 Å². The van der Waals surface area contributed by atoms with Crippen LogP contribution in [0.15, 0.2) is 150 Å². The van der Waals surface area contributed by atoms with Gasteiger partial charge in [-0.1, -0.05) is 78.9 Å². The number of rotatable bonds is 3. The van der Waals surface area contributed by atoms with Crippen molar-refractivity contribution >= 4 is 65.6 Å². The van der Waals surface area contributed by atoms with Crippen LogP contribution in [0.1, 0.15) is 11.1 Å². The van der Waals surface area contributed by atoms with Crippen LogP contribution in [0.4, 0.5) is 0 Å². The van der Waals surface area contributed by atoms with E-state index in [9.17, 15) is 10.5 Å². The largest absolute Gasteiger partial charge is 0.456 e. The lowest BCUT2D eigenvalue weighted by Crippen LogP contribution is -1.99. The lowest BCUT2D eigenvalue weighted by Gasteiger charge is -2.14. The monoisotopic (exact) mass is 624 g/mol. The lowest BCUT2D eigenvalue weighted by atomic mass is 9.99. The van der Waals surface area contributed by atoms with E-state index < -0.39 is 0 Å². The topological polar surface area (TPSA) is 70.6 Å². The zero-order valence-corrected chi connectivity index (χ0v) is 26.1. The van der Waals surface area contributed by atoms with Crippen LogP contribution in [0.3, 0.4) is 0 Å². The van der Waals surface area contributed by atoms with E-state index in [4.69, 9.17) is 4.42 Å². The van der Waals surface area contributed by atoms with Crippen molar-refractivity contribution in [3.05, 3.63) is 157 Å². The Balaban J connectivity index is 1.24. The maximum atomic E-state index is 10.4. The van der Waals surface area contributed by atoms with Crippen molar-refractivity contribution < 1.29 is 4.42 Å². The number of hydrogen-bond acceptors (Lipinski definition) is 3. The summed E-state index contributed by atoms with van der Waals surface area (Å²) in [5, 5.41) is 27.3. The molecule has 0 aliphatic heterocycles. The Labute approximate surface area is 280 Å². The molecule has 5 heteroatoms. The number of fused-ring (bicyclic) bond motifs is 10. The van der Waals surface area contributed by atoms with E-state index in [2.05, 4.69) is 100 Å². The molecule has 7 aromatic carbocycles. The quantitative estimate of drug-likeness (QED) is 0.196. The Morgan fingerprint density at radius 1 is 0.449 bits per heavy atom. The number of aromatic nitrogens is 2. The van der Waals surface area contributed by atoms with Gasteiger partial charge in [-0.05, 0) is 77.9 Å². The van der Waals surface area contributed by atoms with E-state index in [-0.39, 0.29) is 0 Å². The summed E-state index contributed by atoms with van der Waals surface area (Å²) in [6.45, 7) is 0. The zero-order valence-electron chi connectivity index (χ0n) is 26.1. The van der Waals surface area contributed by atoms with Gasteiger partial charge in [0.05, 0.1) is 45.0 Å². The second-order valence-electron chi connectivity index (χ2n) is 12.4. The Morgan fingerprint density at radius 2 is 1.10 bits per heavy atom. The number of nitriles is 2. The van der Waals surface area contributed by atoms with Gasteiger partial charge in [0.15, 0.2) is 0 Å². The summed E-state index contributed by atoms with van der Waals surface area (Å²) in [4.78, 5) is 0. The van der Waals surface area contributed by atoms with E-state index in [1.165, 1.54) is 0 Å². The molecule has 0 spiro atoms. The van der Waals surface area contributed by atoms with Gasteiger partial charge in [-0.15, -0.1) is 0 Å². The van der Waals surface area contributed by atoms with Gasteiger partial charge in [0, 0.05) is 38.0 Å². The minimum atomic E-state index is 0.558. The SMILES string of the molecule is N#Cc1cc(-c2ccc(C#N)c(-n3c4ccccc4c4c5c(ccc43)oc3ccccc35)c2)cc(-n2c3ccccc3c3ccccc32)c1. The minimum Gasteiger partial charge on any atom is -0.456 e. The number of furan rings is 1. The number of hydrogen-bond donors (Lipinski definition) is 0. The minimum absolute atomic E-state index is 0.558. The molecular formula is C44H24N4O. The summed E-state index contributed by atoms with van der Waals surface area (Å²) in [5.41, 5.74) is 10.4. The highest BCUT2D eigenvalue weighted by molar-refractivity contribution is 6.27. The van der Waals surface area contributed by atoms with Crippen molar-refractivity contribution in [3.8, 4) is 34.6 Å². The summed E-state index contributed by atoms with van der Waals surface area (Å²) in [6.07, 6.45) is 0. The van der Waals surface area contributed by atoms with Crippen LogP contribution in [0, 0.1) is 22.7 Å². The van der Waals surface area contributed by atoms with Gasteiger partial charge in [-0.25, -0.2) is 0 Å². The normalized spacial score (nSPS) is 11.6. The zero-order chi connectivity index (χ0) is 32.6. The molecule has 0 saturated carbocycles. The van der Waals surface area contributed by atoms with E-state index in [1.54, 1.807) is 0 Å². The molecule has 0 saturated heterocycles. The summed E-state index contributed by atoms with van der Waals surface area (Å²) < 4.78 is 10.7. The number of benzene rings is 7. The molecule has 226 valence electrons. The maximum Gasteiger partial charge on any atom is 0.136 e. The molecule has 5 nitrogen and oxygen atoms in total. The van der Waals surface area contributed by atoms with E-state index in [0.29, 0.717) is 11.1 Å². The highest BCUT2D eigenvalue weighted by Gasteiger charge is 2.21. The number of nitrogens with zero attached hydrogens (tertiary/aromatic N) is 4. The highest BCUT2D eigenvalue weighted by Crippen LogP contribution is 2.42. The first-order valence-electron chi connectivity index (χ1n) is 16.1. The van der Waals surface area contributed by atoms with E-state index in [0.717, 1.165) is 88.1 Å². The van der Waals surface area contributed by atoms with Gasteiger partial charge in [0.2, 0.25) is 0 Å². The van der Waals surface area contributed by atoms with Crippen LogP contribution in [0.25, 0.3) is 88.1 Å². The van der Waals surface area contributed by atoms with Crippen molar-refractivity contribution in [3.63, 3.8) is 0 Å². The fraction of sp³-hybridized carbons (Fsp3) is 0. The molecule has 0 fully saturated rings. The summed E-state index contributed by atoms with van der Waals surface area (Å²) in [6, 6.07) is 54.1. The third-order valence-electron chi connectivity index (χ3n) is 9.75. The molecule has 10 aromatic rings. The lowest BCUT2D eigenvalue weighted by molar-refractivity contribution is 0.669. The molecule has 0 aliphatic rings. The average Bonchev–Trinajstić information content (AvgIpc) is 3.82. The average molecular weight is 625 g/mol. The molecule has 0 N–H and O–H groups in total. The second-order valence-corrected chi connectivity index (χ2v) is 12.4. The van der Waals surface area contributed by atoms with Gasteiger partial charge >= 0.3 is 0 Å². The molecule has 3 aromatic heterocycles. The van der Waals surface area contributed by atoms with Gasteiger partial charge in [-0.3, -0.25) is 0 Å². The number of para-hydroxylation sites is 4. The predicted molar refractivity (Wildman–Crippen MR) is 197 cm³/mol. The van der Waals surface area contributed by atoms with Crippen molar-refractivity contribution in [2.45, 2.75) is 0 Å². The molecule has 0 aliphatic carbocycles. The Bertz CT molecular complexity index is 3030. The van der Waals surface area contributed by atoms with Crippen LogP contribution >= 0.6 is 0 Å². The summed E-state index contributed by atoms with van der Waals surface area (Å²) in [5.74, 6) is 0. The van der Waals surface area contributed by atoms with Gasteiger partial charge < -0.3 is 13.6 Å². The first-order chi connectivity index (χ1) is 24.2. The molecule has 3 heterocycles. The third-order valence-corrected chi connectivity index (χ3v) is 9.75. The standard InChI is InChI=1S/C44H24N4O/c45-25-27-21-30(23-31(22-27)47-36-13-5-1-9-32(36)33-10-2-6-14-37(33)47)28-17-18-29(26-46)40(24-28)48-38-15-7-3-11-34(38)43-39(48)19-20-42-44(43)35-12-4-8-16-41(35)49-42/h1-24H. The fourth-order valence-electron chi connectivity index (χ4n) is 7.70. The molecule has 0 atom stereocenters. The molecule has 10 rings (SSSR count). The molecule has 0 radical (unpaired) electrons. The van der Waals surface area contributed by atoms with Crippen LogP contribution in [0.2, 0.25) is 0 Å².